The standard InChI is InChI=1S/C21H19ClFN3O3/c1-13-20(14(2)26(25-13)11-15-6-4-3-5-7-15)21(28)29-12-19(27)24-16-8-9-18(23)17(22)10-16/h3-10H,11-12H2,1-2H3,(H,24,27). The highest BCUT2D eigenvalue weighted by Crippen LogP contribution is 2.19. The van der Waals surface area contributed by atoms with E-state index in [-0.39, 0.29) is 5.02 Å². The highest BCUT2D eigenvalue weighted by molar-refractivity contribution is 6.31. The lowest BCUT2D eigenvalue weighted by molar-refractivity contribution is -0.119. The normalized spacial score (nSPS) is 10.6. The third-order valence-electron chi connectivity index (χ3n) is 4.30. The smallest absolute Gasteiger partial charge is 0.342 e. The van der Waals surface area contributed by atoms with Crippen LogP contribution >= 0.6 is 11.6 Å². The molecule has 1 aromatic heterocycles. The van der Waals surface area contributed by atoms with E-state index in [1.165, 1.54) is 12.1 Å². The number of amides is 1. The molecule has 0 fully saturated rings. The van der Waals surface area contributed by atoms with Crippen LogP contribution in [0.1, 0.15) is 27.3 Å². The fourth-order valence-electron chi connectivity index (χ4n) is 2.88. The highest BCUT2D eigenvalue weighted by atomic mass is 35.5. The number of rotatable bonds is 6. The molecule has 0 bridgehead atoms. The molecule has 0 unspecified atom stereocenters. The van der Waals surface area contributed by atoms with E-state index in [0.717, 1.165) is 11.6 Å². The number of carbonyl (C=O) groups excluding carboxylic acids is 2. The van der Waals surface area contributed by atoms with Crippen molar-refractivity contribution in [1.29, 1.82) is 0 Å². The minimum absolute atomic E-state index is 0.114. The van der Waals surface area contributed by atoms with E-state index in [9.17, 15) is 14.0 Å². The van der Waals surface area contributed by atoms with Gasteiger partial charge in [0.2, 0.25) is 0 Å². The molecule has 0 aliphatic heterocycles. The third-order valence-corrected chi connectivity index (χ3v) is 4.59. The number of benzene rings is 2. The number of ether oxygens (including phenoxy) is 1. The zero-order chi connectivity index (χ0) is 21.0. The number of nitrogens with zero attached hydrogens (tertiary/aromatic N) is 2. The second-order valence-electron chi connectivity index (χ2n) is 6.44. The van der Waals surface area contributed by atoms with Gasteiger partial charge in [-0.1, -0.05) is 41.9 Å². The van der Waals surface area contributed by atoms with Crippen molar-refractivity contribution in [3.63, 3.8) is 0 Å². The molecule has 0 aliphatic rings. The molecule has 2 aromatic carbocycles. The Morgan fingerprint density at radius 3 is 2.59 bits per heavy atom. The molecule has 3 aromatic rings. The van der Waals surface area contributed by atoms with Crippen LogP contribution in [0.4, 0.5) is 10.1 Å². The molecule has 6 nitrogen and oxygen atoms in total. The number of hydrogen-bond acceptors (Lipinski definition) is 4. The van der Waals surface area contributed by atoms with Crippen LogP contribution in [0.5, 0.6) is 0 Å². The first-order valence-corrected chi connectivity index (χ1v) is 9.23. The Labute approximate surface area is 172 Å². The molecule has 3 rings (SSSR count). The molecule has 1 amide bonds. The van der Waals surface area contributed by atoms with Crippen LogP contribution in [0.3, 0.4) is 0 Å². The molecule has 150 valence electrons. The second kappa shape index (κ2) is 8.87. The van der Waals surface area contributed by atoms with E-state index in [4.69, 9.17) is 16.3 Å². The molecule has 8 heteroatoms. The first-order chi connectivity index (χ1) is 13.8. The Balaban J connectivity index is 1.63. The predicted octanol–water partition coefficient (Wildman–Crippen LogP) is 4.14. The minimum Gasteiger partial charge on any atom is -0.452 e. The molecule has 0 saturated heterocycles. The molecule has 0 aliphatic carbocycles. The van der Waals surface area contributed by atoms with Gasteiger partial charge >= 0.3 is 5.97 Å². The maximum absolute atomic E-state index is 13.2. The molecule has 0 spiro atoms. The van der Waals surface area contributed by atoms with E-state index in [1.54, 1.807) is 18.5 Å². The fraction of sp³-hybridized carbons (Fsp3) is 0.190. The van der Waals surface area contributed by atoms with Crippen LogP contribution in [-0.2, 0) is 16.1 Å². The average Bonchev–Trinajstić information content (AvgIpc) is 2.97. The van der Waals surface area contributed by atoms with Crippen LogP contribution in [0.25, 0.3) is 0 Å². The minimum atomic E-state index is -0.633. The summed E-state index contributed by atoms with van der Waals surface area (Å²) < 4.78 is 20.0. The first kappa shape index (κ1) is 20.5. The molecule has 0 atom stereocenters. The van der Waals surface area contributed by atoms with E-state index >= 15 is 0 Å². The molecule has 1 heterocycles. The highest BCUT2D eigenvalue weighted by Gasteiger charge is 2.21. The molecular weight excluding hydrogens is 397 g/mol. The maximum Gasteiger partial charge on any atom is 0.342 e. The van der Waals surface area contributed by atoms with E-state index < -0.39 is 24.3 Å². The maximum atomic E-state index is 13.2. The lowest BCUT2D eigenvalue weighted by atomic mass is 10.2. The van der Waals surface area contributed by atoms with Crippen LogP contribution in [0.15, 0.2) is 48.5 Å². The number of anilines is 1. The molecule has 29 heavy (non-hydrogen) atoms. The Hall–Kier alpha value is -3.19. The van der Waals surface area contributed by atoms with Gasteiger partial charge in [0.15, 0.2) is 6.61 Å². The van der Waals surface area contributed by atoms with Gasteiger partial charge in [0.1, 0.15) is 11.4 Å². The van der Waals surface area contributed by atoms with Crippen LogP contribution in [0, 0.1) is 19.7 Å². The number of halogens is 2. The van der Waals surface area contributed by atoms with Crippen molar-refractivity contribution >= 4 is 29.2 Å². The number of nitrogens with one attached hydrogen (secondary N) is 1. The van der Waals surface area contributed by atoms with Gasteiger partial charge in [-0.3, -0.25) is 9.48 Å². The summed E-state index contributed by atoms with van der Waals surface area (Å²) in [4.78, 5) is 24.5. The summed E-state index contributed by atoms with van der Waals surface area (Å²) in [5, 5.41) is 6.79. The largest absolute Gasteiger partial charge is 0.452 e. The van der Waals surface area contributed by atoms with Gasteiger partial charge in [0, 0.05) is 5.69 Å². The summed E-state index contributed by atoms with van der Waals surface area (Å²) in [6.45, 7) is 3.52. The van der Waals surface area contributed by atoms with Crippen molar-refractivity contribution in [2.75, 3.05) is 11.9 Å². The summed E-state index contributed by atoms with van der Waals surface area (Å²) in [6.07, 6.45) is 0. The Morgan fingerprint density at radius 2 is 1.90 bits per heavy atom. The van der Waals surface area contributed by atoms with Crippen molar-refractivity contribution < 1.29 is 18.7 Å². The second-order valence-corrected chi connectivity index (χ2v) is 6.85. The third kappa shape index (κ3) is 5.00. The summed E-state index contributed by atoms with van der Waals surface area (Å²) in [7, 11) is 0. The predicted molar refractivity (Wildman–Crippen MR) is 108 cm³/mol. The number of hydrogen-bond donors (Lipinski definition) is 1. The topological polar surface area (TPSA) is 73.2 Å². The van der Waals surface area contributed by atoms with Crippen LogP contribution < -0.4 is 5.32 Å². The Kier molecular flexibility index (Phi) is 6.29. The van der Waals surface area contributed by atoms with E-state index in [1.807, 2.05) is 30.3 Å². The van der Waals surface area contributed by atoms with Gasteiger partial charge in [-0.25, -0.2) is 9.18 Å². The van der Waals surface area contributed by atoms with Gasteiger partial charge < -0.3 is 10.1 Å². The fourth-order valence-corrected chi connectivity index (χ4v) is 3.06. The SMILES string of the molecule is Cc1nn(Cc2ccccc2)c(C)c1C(=O)OCC(=O)Nc1ccc(F)c(Cl)c1. The van der Waals surface area contributed by atoms with Crippen molar-refractivity contribution in [3.05, 3.63) is 81.9 Å². The summed E-state index contributed by atoms with van der Waals surface area (Å²) >= 11 is 5.68. The van der Waals surface area contributed by atoms with Crippen molar-refractivity contribution in [1.82, 2.24) is 9.78 Å². The van der Waals surface area contributed by atoms with Crippen molar-refractivity contribution in [3.8, 4) is 0 Å². The average molecular weight is 416 g/mol. The van der Waals surface area contributed by atoms with Crippen molar-refractivity contribution in [2.24, 2.45) is 0 Å². The lowest BCUT2D eigenvalue weighted by Gasteiger charge is -2.08. The van der Waals surface area contributed by atoms with Crippen molar-refractivity contribution in [2.45, 2.75) is 20.4 Å². The first-order valence-electron chi connectivity index (χ1n) is 8.85. The zero-order valence-corrected chi connectivity index (χ0v) is 16.7. The lowest BCUT2D eigenvalue weighted by Crippen LogP contribution is -2.21. The molecule has 0 radical (unpaired) electrons. The number of esters is 1. The van der Waals surface area contributed by atoms with E-state index in [0.29, 0.717) is 29.2 Å². The molecule has 1 N–H and O–H groups in total. The summed E-state index contributed by atoms with van der Waals surface area (Å²) in [5.74, 6) is -1.78. The number of carbonyl (C=O) groups is 2. The van der Waals surface area contributed by atoms with E-state index in [2.05, 4.69) is 10.4 Å². The Morgan fingerprint density at radius 1 is 1.17 bits per heavy atom. The summed E-state index contributed by atoms with van der Waals surface area (Å²) in [5.41, 5.74) is 2.87. The molecule has 0 saturated carbocycles. The number of aryl methyl sites for hydroxylation is 1. The van der Waals surface area contributed by atoms with Gasteiger partial charge in [0.25, 0.3) is 5.91 Å². The van der Waals surface area contributed by atoms with Crippen LogP contribution in [-0.4, -0.2) is 28.3 Å². The van der Waals surface area contributed by atoms with Crippen LogP contribution in [0.2, 0.25) is 5.02 Å². The quantitative estimate of drug-likeness (QED) is 0.614. The Bertz CT molecular complexity index is 1050. The van der Waals surface area contributed by atoms with Gasteiger partial charge in [-0.05, 0) is 37.6 Å². The molecular formula is C21H19ClFN3O3. The van der Waals surface area contributed by atoms with Gasteiger partial charge in [0.05, 0.1) is 23.0 Å². The van der Waals surface area contributed by atoms with Gasteiger partial charge in [-0.2, -0.15) is 5.10 Å². The van der Waals surface area contributed by atoms with Gasteiger partial charge in [-0.15, -0.1) is 0 Å². The number of aromatic nitrogens is 2. The zero-order valence-electron chi connectivity index (χ0n) is 15.9. The monoisotopic (exact) mass is 415 g/mol. The summed E-state index contributed by atoms with van der Waals surface area (Å²) in [6, 6.07) is 13.5.